The molecular weight excluding hydrogens is 302 g/mol. The fourth-order valence-electron chi connectivity index (χ4n) is 2.02. The van der Waals surface area contributed by atoms with E-state index in [-0.39, 0.29) is 5.57 Å². The molecule has 1 saturated heterocycles. The Hall–Kier alpha value is -2.79. The van der Waals surface area contributed by atoms with Gasteiger partial charge in [-0.15, -0.1) is 0 Å². The summed E-state index contributed by atoms with van der Waals surface area (Å²) < 4.78 is 0. The summed E-state index contributed by atoms with van der Waals surface area (Å²) in [5.41, 5.74) is 3.90. The number of nitrogens with one attached hydrogen (secondary N) is 2. The molecule has 110 valence electrons. The molecule has 0 radical (unpaired) electrons. The van der Waals surface area contributed by atoms with Crippen molar-refractivity contribution >= 4 is 34.8 Å². The number of hydrazine groups is 1. The second-order valence-electron chi connectivity index (χ2n) is 4.63. The quantitative estimate of drug-likeness (QED) is 0.676. The molecule has 0 aliphatic carbocycles. The van der Waals surface area contributed by atoms with E-state index < -0.39 is 11.8 Å². The van der Waals surface area contributed by atoms with Gasteiger partial charge in [0.1, 0.15) is 5.57 Å². The van der Waals surface area contributed by atoms with Crippen LogP contribution in [0.4, 0.5) is 11.4 Å². The smallest absolute Gasteiger partial charge is 0.284 e. The molecular formula is C16H12ClN3O2. The van der Waals surface area contributed by atoms with Crippen LogP contribution < -0.4 is 15.8 Å². The van der Waals surface area contributed by atoms with Gasteiger partial charge in [-0.2, -0.15) is 0 Å². The normalized spacial score (nSPS) is 16.0. The number of amides is 2. The van der Waals surface area contributed by atoms with Gasteiger partial charge in [-0.1, -0.05) is 29.8 Å². The number of anilines is 2. The Balaban J connectivity index is 1.81. The van der Waals surface area contributed by atoms with E-state index in [1.54, 1.807) is 24.3 Å². The van der Waals surface area contributed by atoms with Crippen molar-refractivity contribution in [1.29, 1.82) is 0 Å². The summed E-state index contributed by atoms with van der Waals surface area (Å²) >= 11 is 5.82. The minimum atomic E-state index is -0.455. The predicted octanol–water partition coefficient (Wildman–Crippen LogP) is 2.71. The molecule has 2 amide bonds. The maximum Gasteiger partial charge on any atom is 0.284 e. The molecule has 2 aromatic carbocycles. The summed E-state index contributed by atoms with van der Waals surface area (Å²) in [5.74, 6) is -0.876. The Morgan fingerprint density at radius 1 is 1.00 bits per heavy atom. The Bertz CT molecular complexity index is 742. The van der Waals surface area contributed by atoms with E-state index in [2.05, 4.69) is 10.7 Å². The van der Waals surface area contributed by atoms with Gasteiger partial charge < -0.3 is 5.32 Å². The number of benzene rings is 2. The van der Waals surface area contributed by atoms with Crippen molar-refractivity contribution < 1.29 is 9.59 Å². The lowest BCUT2D eigenvalue weighted by atomic mass is 10.2. The molecule has 0 unspecified atom stereocenters. The van der Waals surface area contributed by atoms with Crippen molar-refractivity contribution in [2.75, 3.05) is 10.3 Å². The molecule has 3 rings (SSSR count). The lowest BCUT2D eigenvalue weighted by Crippen LogP contribution is -2.35. The largest absolute Gasteiger partial charge is 0.361 e. The van der Waals surface area contributed by atoms with Crippen molar-refractivity contribution in [2.45, 2.75) is 0 Å². The Morgan fingerprint density at radius 2 is 1.68 bits per heavy atom. The van der Waals surface area contributed by atoms with Gasteiger partial charge in [0.2, 0.25) is 0 Å². The van der Waals surface area contributed by atoms with Crippen molar-refractivity contribution in [3.8, 4) is 0 Å². The standard InChI is InChI=1S/C16H12ClN3O2/c17-11-6-8-13(9-7-11)20-16(22)14(15(21)19-20)10-18-12-4-2-1-3-5-12/h1-10,18H,(H,19,21)/b14-10+. The summed E-state index contributed by atoms with van der Waals surface area (Å²) in [4.78, 5) is 24.3. The molecule has 2 aromatic rings. The van der Waals surface area contributed by atoms with Gasteiger partial charge in [-0.3, -0.25) is 15.0 Å². The third-order valence-corrected chi connectivity index (χ3v) is 3.39. The van der Waals surface area contributed by atoms with Crippen LogP contribution >= 0.6 is 11.6 Å². The van der Waals surface area contributed by atoms with Crippen molar-refractivity contribution in [2.24, 2.45) is 0 Å². The SMILES string of the molecule is O=C1NN(c2ccc(Cl)cc2)C(=O)/C1=C/Nc1ccccc1. The topological polar surface area (TPSA) is 61.4 Å². The number of halogens is 1. The fraction of sp³-hybridized carbons (Fsp3) is 0. The van der Waals surface area contributed by atoms with Gasteiger partial charge in [-0.25, -0.2) is 5.01 Å². The monoisotopic (exact) mass is 313 g/mol. The van der Waals surface area contributed by atoms with Crippen LogP contribution in [0.5, 0.6) is 0 Å². The average molecular weight is 314 g/mol. The van der Waals surface area contributed by atoms with Crippen molar-refractivity contribution in [3.05, 3.63) is 71.4 Å². The number of carbonyl (C=O) groups is 2. The van der Waals surface area contributed by atoms with Gasteiger partial charge >= 0.3 is 0 Å². The van der Waals surface area contributed by atoms with E-state index >= 15 is 0 Å². The molecule has 1 aliphatic heterocycles. The summed E-state index contributed by atoms with van der Waals surface area (Å²) in [7, 11) is 0. The van der Waals surface area contributed by atoms with Gasteiger partial charge in [0.25, 0.3) is 11.8 Å². The van der Waals surface area contributed by atoms with E-state index in [1.165, 1.54) is 11.2 Å². The first kappa shape index (κ1) is 14.2. The first-order valence-electron chi connectivity index (χ1n) is 6.58. The number of hydrogen-bond acceptors (Lipinski definition) is 3. The zero-order valence-corrected chi connectivity index (χ0v) is 12.2. The summed E-state index contributed by atoms with van der Waals surface area (Å²) in [6, 6.07) is 15.9. The summed E-state index contributed by atoms with van der Waals surface area (Å²) in [5, 5.41) is 4.69. The molecule has 1 fully saturated rings. The van der Waals surface area contributed by atoms with Crippen LogP contribution in [0.1, 0.15) is 0 Å². The van der Waals surface area contributed by atoms with E-state index in [0.29, 0.717) is 10.7 Å². The van der Waals surface area contributed by atoms with Crippen molar-refractivity contribution in [1.82, 2.24) is 5.43 Å². The Kier molecular flexibility index (Phi) is 3.80. The molecule has 1 aliphatic rings. The van der Waals surface area contributed by atoms with E-state index in [1.807, 2.05) is 30.3 Å². The highest BCUT2D eigenvalue weighted by atomic mass is 35.5. The third-order valence-electron chi connectivity index (χ3n) is 3.13. The minimum Gasteiger partial charge on any atom is -0.361 e. The molecule has 6 heteroatoms. The van der Waals surface area contributed by atoms with Crippen LogP contribution in [-0.2, 0) is 9.59 Å². The molecule has 0 saturated carbocycles. The highest BCUT2D eigenvalue weighted by molar-refractivity contribution is 6.31. The fourth-order valence-corrected chi connectivity index (χ4v) is 2.15. The molecule has 1 heterocycles. The highest BCUT2D eigenvalue weighted by Crippen LogP contribution is 2.22. The maximum absolute atomic E-state index is 12.3. The summed E-state index contributed by atoms with van der Waals surface area (Å²) in [6.07, 6.45) is 1.41. The number of rotatable bonds is 3. The lowest BCUT2D eigenvalue weighted by Gasteiger charge is -2.14. The molecule has 0 spiro atoms. The number of hydrogen-bond donors (Lipinski definition) is 2. The maximum atomic E-state index is 12.3. The van der Waals surface area contributed by atoms with Crippen molar-refractivity contribution in [3.63, 3.8) is 0 Å². The van der Waals surface area contributed by atoms with Crippen LogP contribution in [0.15, 0.2) is 66.4 Å². The van der Waals surface area contributed by atoms with E-state index in [0.717, 1.165) is 5.69 Å². The van der Waals surface area contributed by atoms with Crippen LogP contribution in [0.2, 0.25) is 5.02 Å². The van der Waals surface area contributed by atoms with E-state index in [9.17, 15) is 9.59 Å². The van der Waals surface area contributed by atoms with Gasteiger partial charge in [0.05, 0.1) is 5.69 Å². The van der Waals surface area contributed by atoms with Gasteiger partial charge in [0.15, 0.2) is 0 Å². The number of nitrogens with zero attached hydrogens (tertiary/aromatic N) is 1. The zero-order chi connectivity index (χ0) is 15.5. The number of carbonyl (C=O) groups excluding carboxylic acids is 2. The van der Waals surface area contributed by atoms with Crippen LogP contribution in [-0.4, -0.2) is 11.8 Å². The van der Waals surface area contributed by atoms with Crippen LogP contribution in [0.3, 0.4) is 0 Å². The Labute approximate surface area is 132 Å². The third kappa shape index (κ3) is 2.80. The second kappa shape index (κ2) is 5.91. The first-order chi connectivity index (χ1) is 10.6. The highest BCUT2D eigenvalue weighted by Gasteiger charge is 2.34. The lowest BCUT2D eigenvalue weighted by molar-refractivity contribution is -0.117. The first-order valence-corrected chi connectivity index (χ1v) is 6.96. The predicted molar refractivity (Wildman–Crippen MR) is 85.2 cm³/mol. The molecule has 5 nitrogen and oxygen atoms in total. The minimum absolute atomic E-state index is 0.0406. The van der Waals surface area contributed by atoms with E-state index in [4.69, 9.17) is 11.6 Å². The van der Waals surface area contributed by atoms with Crippen LogP contribution in [0, 0.1) is 0 Å². The molecule has 0 bridgehead atoms. The molecule has 22 heavy (non-hydrogen) atoms. The van der Waals surface area contributed by atoms with Gasteiger partial charge in [-0.05, 0) is 36.4 Å². The van der Waals surface area contributed by atoms with Gasteiger partial charge in [0, 0.05) is 16.9 Å². The average Bonchev–Trinajstić information content (AvgIpc) is 2.82. The Morgan fingerprint density at radius 3 is 2.36 bits per heavy atom. The molecule has 0 aromatic heterocycles. The van der Waals surface area contributed by atoms with Crippen LogP contribution in [0.25, 0.3) is 0 Å². The summed E-state index contributed by atoms with van der Waals surface area (Å²) in [6.45, 7) is 0. The second-order valence-corrected chi connectivity index (χ2v) is 5.06. The molecule has 0 atom stereocenters. The number of para-hydroxylation sites is 1. The zero-order valence-electron chi connectivity index (χ0n) is 11.4. The molecule has 2 N–H and O–H groups in total.